The third-order valence-electron chi connectivity index (χ3n) is 1.43. The minimum absolute atomic E-state index is 0.305. The largest absolute Gasteiger partial charge is 0.503 e. The smallest absolute Gasteiger partial charge is 0.290 e. The minimum Gasteiger partial charge on any atom is -0.503 e. The van der Waals surface area contributed by atoms with Gasteiger partial charge in [-0.15, -0.1) is 0 Å². The molecule has 0 aliphatic rings. The van der Waals surface area contributed by atoms with Gasteiger partial charge in [-0.25, -0.2) is 0 Å². The van der Waals surface area contributed by atoms with Gasteiger partial charge in [-0.1, -0.05) is 12.2 Å². The molecular formula is C9H8N2O2. The van der Waals surface area contributed by atoms with Gasteiger partial charge in [-0.3, -0.25) is 4.79 Å². The lowest BCUT2D eigenvalue weighted by atomic mass is 10.2. The number of aromatic hydroxyl groups is 1. The van der Waals surface area contributed by atoms with Crippen LogP contribution in [0.1, 0.15) is 12.0 Å². The van der Waals surface area contributed by atoms with E-state index in [-0.39, 0.29) is 5.75 Å². The molecule has 4 heteroatoms. The molecule has 66 valence electrons. The second kappa shape index (κ2) is 4.12. The maximum absolute atomic E-state index is 10.7. The number of aromatic nitrogens is 1. The summed E-state index contributed by atoms with van der Waals surface area (Å²) in [5.41, 5.74) is 0.143. The number of nitrogens with one attached hydrogen (secondary N) is 1. The second-order valence-electron chi connectivity index (χ2n) is 2.41. The first kappa shape index (κ1) is 9.07. The topological polar surface area (TPSA) is 76.9 Å². The highest BCUT2D eigenvalue weighted by Gasteiger charge is 1.94. The van der Waals surface area contributed by atoms with Gasteiger partial charge in [-0.2, -0.15) is 5.26 Å². The van der Waals surface area contributed by atoms with E-state index in [2.05, 4.69) is 4.98 Å². The van der Waals surface area contributed by atoms with E-state index in [0.717, 1.165) is 0 Å². The molecule has 4 nitrogen and oxygen atoms in total. The first-order chi connectivity index (χ1) is 6.24. The first-order valence-electron chi connectivity index (χ1n) is 3.69. The van der Waals surface area contributed by atoms with Gasteiger partial charge in [0.15, 0.2) is 5.75 Å². The van der Waals surface area contributed by atoms with Crippen LogP contribution in [0.15, 0.2) is 23.1 Å². The Hall–Kier alpha value is -2.02. The monoisotopic (exact) mass is 176 g/mol. The Morgan fingerprint density at radius 1 is 1.69 bits per heavy atom. The predicted molar refractivity (Wildman–Crippen MR) is 48.0 cm³/mol. The molecule has 0 bridgehead atoms. The molecule has 0 saturated heterocycles. The van der Waals surface area contributed by atoms with Crippen LogP contribution in [0.25, 0.3) is 6.08 Å². The Kier molecular flexibility index (Phi) is 2.87. The van der Waals surface area contributed by atoms with Crippen molar-refractivity contribution < 1.29 is 5.11 Å². The van der Waals surface area contributed by atoms with E-state index in [0.29, 0.717) is 12.0 Å². The number of aromatic amines is 1. The average molecular weight is 176 g/mol. The number of nitriles is 1. The number of nitrogens with zero attached hydrogens (tertiary/aromatic N) is 1. The third-order valence-corrected chi connectivity index (χ3v) is 1.43. The fourth-order valence-corrected chi connectivity index (χ4v) is 0.832. The molecule has 0 unspecified atom stereocenters. The van der Waals surface area contributed by atoms with Gasteiger partial charge < -0.3 is 10.1 Å². The summed E-state index contributed by atoms with van der Waals surface area (Å²) in [5, 5.41) is 17.2. The van der Waals surface area contributed by atoms with Crippen LogP contribution in [0.4, 0.5) is 0 Å². The highest BCUT2D eigenvalue weighted by atomic mass is 16.3. The van der Waals surface area contributed by atoms with Gasteiger partial charge in [0.1, 0.15) is 0 Å². The lowest BCUT2D eigenvalue weighted by molar-refractivity contribution is 0.466. The molecule has 1 rings (SSSR count). The molecule has 0 aliphatic heterocycles. The fourth-order valence-electron chi connectivity index (χ4n) is 0.832. The highest BCUT2D eigenvalue weighted by molar-refractivity contribution is 5.49. The summed E-state index contributed by atoms with van der Waals surface area (Å²) in [5.74, 6) is -0.320. The molecule has 13 heavy (non-hydrogen) atoms. The van der Waals surface area contributed by atoms with Gasteiger partial charge in [0, 0.05) is 6.20 Å². The van der Waals surface area contributed by atoms with Crippen molar-refractivity contribution in [3.8, 4) is 11.8 Å². The van der Waals surface area contributed by atoms with E-state index in [4.69, 9.17) is 10.4 Å². The van der Waals surface area contributed by atoms with E-state index in [9.17, 15) is 4.79 Å². The molecule has 0 atom stereocenters. The van der Waals surface area contributed by atoms with Crippen molar-refractivity contribution in [2.45, 2.75) is 6.42 Å². The molecule has 1 heterocycles. The summed E-state index contributed by atoms with van der Waals surface area (Å²) in [6.07, 6.45) is 5.07. The average Bonchev–Trinajstić information content (AvgIpc) is 2.12. The van der Waals surface area contributed by atoms with Gasteiger partial charge in [0.25, 0.3) is 5.56 Å². The lowest BCUT2D eigenvalue weighted by Gasteiger charge is -1.92. The van der Waals surface area contributed by atoms with Crippen LogP contribution in [-0.2, 0) is 0 Å². The second-order valence-corrected chi connectivity index (χ2v) is 2.41. The zero-order valence-electron chi connectivity index (χ0n) is 6.82. The number of rotatable bonds is 2. The van der Waals surface area contributed by atoms with E-state index in [1.165, 1.54) is 12.3 Å². The van der Waals surface area contributed by atoms with Crippen LogP contribution in [0.2, 0.25) is 0 Å². The van der Waals surface area contributed by atoms with E-state index in [1.807, 2.05) is 6.07 Å². The maximum atomic E-state index is 10.7. The van der Waals surface area contributed by atoms with E-state index in [1.54, 1.807) is 12.2 Å². The fraction of sp³-hybridized carbons (Fsp3) is 0.111. The first-order valence-corrected chi connectivity index (χ1v) is 3.69. The zero-order valence-corrected chi connectivity index (χ0v) is 6.82. The Morgan fingerprint density at radius 3 is 3.08 bits per heavy atom. The molecule has 1 aromatic heterocycles. The Bertz CT molecular complexity index is 412. The summed E-state index contributed by atoms with van der Waals surface area (Å²) in [6.45, 7) is 0. The number of H-pyrrole nitrogens is 1. The van der Waals surface area contributed by atoms with Crippen molar-refractivity contribution >= 4 is 6.08 Å². The number of hydrogen-bond acceptors (Lipinski definition) is 3. The molecule has 0 amide bonds. The maximum Gasteiger partial charge on any atom is 0.290 e. The molecule has 0 fully saturated rings. The van der Waals surface area contributed by atoms with Crippen LogP contribution < -0.4 is 5.56 Å². The quantitative estimate of drug-likeness (QED) is 0.705. The normalized spacial score (nSPS) is 10.1. The Balaban J connectivity index is 2.87. The Morgan fingerprint density at radius 2 is 2.46 bits per heavy atom. The number of allylic oxidation sites excluding steroid dienone is 1. The molecule has 0 aromatic carbocycles. The molecule has 0 saturated carbocycles. The van der Waals surface area contributed by atoms with E-state index >= 15 is 0 Å². The molecular weight excluding hydrogens is 168 g/mol. The van der Waals surface area contributed by atoms with Gasteiger partial charge in [0.05, 0.1) is 12.5 Å². The zero-order chi connectivity index (χ0) is 9.68. The summed E-state index contributed by atoms with van der Waals surface area (Å²) in [6, 6.07) is 3.28. The predicted octanol–water partition coefficient (Wildman–Crippen LogP) is 1.01. The summed E-state index contributed by atoms with van der Waals surface area (Å²) >= 11 is 0. The van der Waals surface area contributed by atoms with E-state index < -0.39 is 5.56 Å². The van der Waals surface area contributed by atoms with Crippen LogP contribution in [0.5, 0.6) is 5.75 Å². The van der Waals surface area contributed by atoms with Crippen molar-refractivity contribution in [2.24, 2.45) is 0 Å². The number of hydrogen-bond donors (Lipinski definition) is 2. The van der Waals surface area contributed by atoms with Crippen LogP contribution >= 0.6 is 0 Å². The van der Waals surface area contributed by atoms with Gasteiger partial charge in [0.2, 0.25) is 0 Å². The standard InChI is InChI=1S/C9H8N2O2/c10-4-2-1-3-7-5-8(12)9(13)11-6-7/h1,3,5-6,12H,2H2,(H,11,13). The molecule has 0 spiro atoms. The van der Waals surface area contributed by atoms with Crippen molar-refractivity contribution in [3.05, 3.63) is 34.3 Å². The van der Waals surface area contributed by atoms with Gasteiger partial charge >= 0.3 is 0 Å². The van der Waals surface area contributed by atoms with Crippen LogP contribution in [0.3, 0.4) is 0 Å². The van der Waals surface area contributed by atoms with Crippen molar-refractivity contribution in [2.75, 3.05) is 0 Å². The van der Waals surface area contributed by atoms with Gasteiger partial charge in [-0.05, 0) is 11.6 Å². The lowest BCUT2D eigenvalue weighted by Crippen LogP contribution is -2.03. The summed E-state index contributed by atoms with van der Waals surface area (Å²) in [7, 11) is 0. The van der Waals surface area contributed by atoms with Crippen molar-refractivity contribution in [1.82, 2.24) is 4.98 Å². The molecule has 2 N–H and O–H groups in total. The number of pyridine rings is 1. The molecule has 0 aliphatic carbocycles. The Labute approximate surface area is 74.8 Å². The summed E-state index contributed by atoms with van der Waals surface area (Å²) in [4.78, 5) is 13.1. The van der Waals surface area contributed by atoms with Crippen LogP contribution in [0, 0.1) is 11.3 Å². The van der Waals surface area contributed by atoms with Crippen LogP contribution in [-0.4, -0.2) is 10.1 Å². The molecule has 1 aromatic rings. The SMILES string of the molecule is N#CCC=Cc1c[nH]c(=O)c(O)c1. The summed E-state index contributed by atoms with van der Waals surface area (Å²) < 4.78 is 0. The van der Waals surface area contributed by atoms with Crippen molar-refractivity contribution in [3.63, 3.8) is 0 Å². The van der Waals surface area contributed by atoms with Crippen molar-refractivity contribution in [1.29, 1.82) is 5.26 Å². The minimum atomic E-state index is -0.516. The highest BCUT2D eigenvalue weighted by Crippen LogP contribution is 2.05. The third kappa shape index (κ3) is 2.49. The molecule has 0 radical (unpaired) electrons.